The van der Waals surface area contributed by atoms with Gasteiger partial charge in [0.25, 0.3) is 5.56 Å². The summed E-state index contributed by atoms with van der Waals surface area (Å²) in [5.74, 6) is -0.428. The van der Waals surface area contributed by atoms with E-state index >= 15 is 0 Å². The number of sulfonamides is 1. The second-order valence-electron chi connectivity index (χ2n) is 10.7. The van der Waals surface area contributed by atoms with Gasteiger partial charge in [-0.05, 0) is 58.2 Å². The lowest BCUT2D eigenvalue weighted by molar-refractivity contribution is -0.153. The van der Waals surface area contributed by atoms with E-state index in [-0.39, 0.29) is 48.0 Å². The van der Waals surface area contributed by atoms with E-state index in [1.165, 1.54) is 27.2 Å². The van der Waals surface area contributed by atoms with Gasteiger partial charge < -0.3 is 14.8 Å². The Morgan fingerprint density at radius 2 is 1.78 bits per heavy atom. The van der Waals surface area contributed by atoms with Crippen molar-refractivity contribution in [1.29, 1.82) is 0 Å². The number of fused-ring (bicyclic) bond motifs is 1. The summed E-state index contributed by atoms with van der Waals surface area (Å²) in [7, 11) is -3.93. The minimum absolute atomic E-state index is 0.0198. The van der Waals surface area contributed by atoms with Crippen molar-refractivity contribution >= 4 is 32.9 Å². The van der Waals surface area contributed by atoms with E-state index in [0.717, 1.165) is 32.1 Å². The minimum Gasteiger partial charge on any atom is -0.444 e. The maximum Gasteiger partial charge on any atom is 0.407 e. The third-order valence-electron chi connectivity index (χ3n) is 6.75. The summed E-state index contributed by atoms with van der Waals surface area (Å²) >= 11 is 0. The summed E-state index contributed by atoms with van der Waals surface area (Å²) < 4.78 is 40.3. The summed E-state index contributed by atoms with van der Waals surface area (Å²) in [6.45, 7) is 5.39. The van der Waals surface area contributed by atoms with Gasteiger partial charge in [0.15, 0.2) is 6.73 Å². The topological polar surface area (TPSA) is 124 Å². The SMILES string of the molecule is CC(C)(C)OC(=O)NC1CCN(S(=O)(=O)c2cccc3c(=O)n(COC(=O)C4CCCCC4)ccc23)C1. The first kappa shape index (κ1) is 27.1. The van der Waals surface area contributed by atoms with Crippen LogP contribution in [0.3, 0.4) is 0 Å². The number of benzene rings is 1. The third kappa shape index (κ3) is 6.32. The maximum absolute atomic E-state index is 13.5. The van der Waals surface area contributed by atoms with Crippen molar-refractivity contribution in [3.63, 3.8) is 0 Å². The Hall–Kier alpha value is -2.92. The van der Waals surface area contributed by atoms with E-state index in [2.05, 4.69) is 5.32 Å². The Morgan fingerprint density at radius 1 is 1.05 bits per heavy atom. The Bertz CT molecular complexity index is 1320. The molecule has 1 amide bonds. The van der Waals surface area contributed by atoms with E-state index in [0.29, 0.717) is 11.8 Å². The molecular weight excluding hydrogens is 498 g/mol. The zero-order valence-electron chi connectivity index (χ0n) is 21.6. The molecule has 10 nitrogen and oxygen atoms in total. The van der Waals surface area contributed by atoms with Crippen LogP contribution in [0.4, 0.5) is 4.79 Å². The first-order valence-corrected chi connectivity index (χ1v) is 14.2. The number of hydrogen-bond acceptors (Lipinski definition) is 7. The molecule has 1 aliphatic heterocycles. The Balaban J connectivity index is 1.49. The van der Waals surface area contributed by atoms with Crippen LogP contribution in [0.2, 0.25) is 0 Å². The molecule has 1 unspecified atom stereocenters. The molecule has 0 bridgehead atoms. The number of pyridine rings is 1. The number of nitrogens with one attached hydrogen (secondary N) is 1. The Morgan fingerprint density at radius 3 is 2.49 bits per heavy atom. The molecule has 1 N–H and O–H groups in total. The number of esters is 1. The van der Waals surface area contributed by atoms with Gasteiger partial charge in [-0.25, -0.2) is 13.2 Å². The summed E-state index contributed by atoms with van der Waals surface area (Å²) in [6.07, 6.45) is 6.04. The second-order valence-corrected chi connectivity index (χ2v) is 12.6. The van der Waals surface area contributed by atoms with Crippen LogP contribution >= 0.6 is 0 Å². The van der Waals surface area contributed by atoms with Crippen molar-refractivity contribution in [2.24, 2.45) is 5.92 Å². The highest BCUT2D eigenvalue weighted by Gasteiger charge is 2.35. The number of carbonyl (C=O) groups excluding carboxylic acids is 2. The van der Waals surface area contributed by atoms with Crippen molar-refractivity contribution in [2.75, 3.05) is 13.1 Å². The quantitative estimate of drug-likeness (QED) is 0.565. The fraction of sp³-hybridized carbons (Fsp3) is 0.577. The van der Waals surface area contributed by atoms with E-state index in [1.54, 1.807) is 32.9 Å². The van der Waals surface area contributed by atoms with E-state index in [4.69, 9.17) is 9.47 Å². The number of alkyl carbamates (subject to hydrolysis) is 1. The normalized spacial score (nSPS) is 19.6. The first-order chi connectivity index (χ1) is 17.5. The van der Waals surface area contributed by atoms with Crippen molar-refractivity contribution < 1.29 is 27.5 Å². The third-order valence-corrected chi connectivity index (χ3v) is 8.68. The van der Waals surface area contributed by atoms with Crippen LogP contribution in [0.25, 0.3) is 10.8 Å². The van der Waals surface area contributed by atoms with Gasteiger partial charge in [0, 0.05) is 36.1 Å². The Labute approximate surface area is 217 Å². The molecule has 1 atom stereocenters. The van der Waals surface area contributed by atoms with Crippen LogP contribution < -0.4 is 10.9 Å². The molecule has 0 radical (unpaired) electrons. The van der Waals surface area contributed by atoms with Gasteiger partial charge >= 0.3 is 12.1 Å². The predicted octanol–water partition coefficient (Wildman–Crippen LogP) is 3.37. The molecule has 202 valence electrons. The zero-order valence-corrected chi connectivity index (χ0v) is 22.4. The van der Waals surface area contributed by atoms with Gasteiger partial charge in [-0.1, -0.05) is 25.3 Å². The summed E-state index contributed by atoms with van der Waals surface area (Å²) in [5, 5.41) is 3.25. The van der Waals surface area contributed by atoms with Crippen molar-refractivity contribution in [3.05, 3.63) is 40.8 Å². The summed E-state index contributed by atoms with van der Waals surface area (Å²) in [6, 6.07) is 5.74. The van der Waals surface area contributed by atoms with Crippen molar-refractivity contribution in [3.8, 4) is 0 Å². The average Bonchev–Trinajstić information content (AvgIpc) is 3.31. The van der Waals surface area contributed by atoms with Gasteiger partial charge in [-0.15, -0.1) is 0 Å². The number of carbonyl (C=O) groups is 2. The monoisotopic (exact) mass is 533 g/mol. The van der Waals surface area contributed by atoms with Crippen molar-refractivity contribution in [1.82, 2.24) is 14.2 Å². The van der Waals surface area contributed by atoms with E-state index < -0.39 is 27.3 Å². The lowest BCUT2D eigenvalue weighted by atomic mass is 9.89. The molecule has 1 aliphatic carbocycles. The summed E-state index contributed by atoms with van der Waals surface area (Å²) in [5.41, 5.74) is -1.09. The molecule has 1 saturated carbocycles. The lowest BCUT2D eigenvalue weighted by Crippen LogP contribution is -2.41. The van der Waals surface area contributed by atoms with Crippen LogP contribution in [-0.4, -0.2) is 54.1 Å². The number of aromatic nitrogens is 1. The van der Waals surface area contributed by atoms with Gasteiger partial charge in [0.1, 0.15) is 5.60 Å². The van der Waals surface area contributed by atoms with E-state index in [1.807, 2.05) is 0 Å². The number of nitrogens with zero attached hydrogens (tertiary/aromatic N) is 2. The number of ether oxygens (including phenoxy) is 2. The highest BCUT2D eigenvalue weighted by Crippen LogP contribution is 2.27. The molecule has 1 aromatic carbocycles. The van der Waals surface area contributed by atoms with Gasteiger partial charge in [0.2, 0.25) is 10.0 Å². The van der Waals surface area contributed by atoms with Crippen LogP contribution in [0.5, 0.6) is 0 Å². The zero-order chi connectivity index (χ0) is 26.8. The molecule has 1 saturated heterocycles. The molecule has 2 aromatic rings. The number of amides is 1. The van der Waals surface area contributed by atoms with Gasteiger partial charge in [0.05, 0.1) is 10.8 Å². The molecular formula is C26H35N3O7S. The molecule has 2 aliphatic rings. The largest absolute Gasteiger partial charge is 0.444 e. The number of hydrogen-bond donors (Lipinski definition) is 1. The maximum atomic E-state index is 13.5. The molecule has 37 heavy (non-hydrogen) atoms. The average molecular weight is 534 g/mol. The standard InChI is InChI=1S/C26H35N3O7S/c1-26(2,3)36-25(32)27-19-12-15-29(16-19)37(33,34)22-11-7-10-21-20(22)13-14-28(23(21)30)17-35-24(31)18-8-5-4-6-9-18/h7,10-11,13-14,18-19H,4-6,8-9,12,15-17H2,1-3H3,(H,27,32). The van der Waals surface area contributed by atoms with Crippen LogP contribution in [0, 0.1) is 5.92 Å². The minimum atomic E-state index is -3.93. The molecule has 4 rings (SSSR count). The van der Waals surface area contributed by atoms with Crippen LogP contribution in [0.15, 0.2) is 40.2 Å². The van der Waals surface area contributed by atoms with Crippen LogP contribution in [0.1, 0.15) is 59.3 Å². The fourth-order valence-corrected chi connectivity index (χ4v) is 6.59. The van der Waals surface area contributed by atoms with Crippen molar-refractivity contribution in [2.45, 2.75) is 82.6 Å². The first-order valence-electron chi connectivity index (χ1n) is 12.7. The molecule has 11 heteroatoms. The molecule has 2 fully saturated rings. The highest BCUT2D eigenvalue weighted by atomic mass is 32.2. The smallest absolute Gasteiger partial charge is 0.407 e. The second kappa shape index (κ2) is 10.8. The van der Waals surface area contributed by atoms with Crippen LogP contribution in [-0.2, 0) is 31.0 Å². The van der Waals surface area contributed by atoms with Gasteiger partial charge in [-0.3, -0.25) is 14.2 Å². The summed E-state index contributed by atoms with van der Waals surface area (Å²) in [4.78, 5) is 37.6. The highest BCUT2D eigenvalue weighted by molar-refractivity contribution is 7.89. The molecule has 1 aromatic heterocycles. The molecule has 2 heterocycles. The Kier molecular flexibility index (Phi) is 7.94. The van der Waals surface area contributed by atoms with E-state index in [9.17, 15) is 22.8 Å². The number of rotatable bonds is 6. The van der Waals surface area contributed by atoms with Gasteiger partial charge in [-0.2, -0.15) is 4.31 Å². The predicted molar refractivity (Wildman–Crippen MR) is 137 cm³/mol. The molecule has 0 spiro atoms. The lowest BCUT2D eigenvalue weighted by Gasteiger charge is -2.22. The fourth-order valence-electron chi connectivity index (χ4n) is 4.88.